The van der Waals surface area contributed by atoms with Crippen LogP contribution in [-0.2, 0) is 24.3 Å². The van der Waals surface area contributed by atoms with Gasteiger partial charge in [0.15, 0.2) is 0 Å². The molecule has 0 saturated heterocycles. The molecule has 3 heteroatoms. The highest BCUT2D eigenvalue weighted by molar-refractivity contribution is 5.78. The van der Waals surface area contributed by atoms with Crippen LogP contribution in [0, 0.1) is 13.8 Å². The number of hydrogen-bond acceptors (Lipinski definition) is 2. The monoisotopic (exact) mass is 308 g/mol. The van der Waals surface area contributed by atoms with Crippen LogP contribution in [0.2, 0.25) is 0 Å². The summed E-state index contributed by atoms with van der Waals surface area (Å²) in [5.41, 5.74) is 6.65. The number of hydrogen-bond donors (Lipinski definition) is 1. The molecule has 1 aliphatic rings. The van der Waals surface area contributed by atoms with Crippen molar-refractivity contribution in [2.24, 2.45) is 0 Å². The van der Waals surface area contributed by atoms with E-state index >= 15 is 0 Å². The van der Waals surface area contributed by atoms with Crippen molar-refractivity contribution in [3.63, 3.8) is 0 Å². The van der Waals surface area contributed by atoms with E-state index in [1.807, 2.05) is 18.2 Å². The van der Waals surface area contributed by atoms with E-state index in [-0.39, 0.29) is 5.91 Å². The molecule has 0 radical (unpaired) electrons. The minimum absolute atomic E-state index is 0.113. The van der Waals surface area contributed by atoms with E-state index in [4.69, 9.17) is 0 Å². The summed E-state index contributed by atoms with van der Waals surface area (Å²) in [6.45, 7) is 7.22. The first kappa shape index (κ1) is 15.8. The normalized spacial score (nSPS) is 13.8. The molecule has 0 spiro atoms. The van der Waals surface area contributed by atoms with Gasteiger partial charge in [-0.05, 0) is 48.1 Å². The van der Waals surface area contributed by atoms with Crippen molar-refractivity contribution in [3.8, 4) is 0 Å². The molecule has 1 heterocycles. The van der Waals surface area contributed by atoms with E-state index in [9.17, 15) is 4.79 Å². The lowest BCUT2D eigenvalue weighted by Gasteiger charge is -2.14. The third kappa shape index (κ3) is 3.99. The Morgan fingerprint density at radius 3 is 2.26 bits per heavy atom. The van der Waals surface area contributed by atoms with Crippen LogP contribution >= 0.6 is 0 Å². The maximum absolute atomic E-state index is 12.1. The Labute approximate surface area is 138 Å². The fourth-order valence-electron chi connectivity index (χ4n) is 3.13. The van der Waals surface area contributed by atoms with Crippen LogP contribution in [0.1, 0.15) is 27.8 Å². The first-order valence-corrected chi connectivity index (χ1v) is 8.24. The van der Waals surface area contributed by atoms with Crippen molar-refractivity contribution in [1.29, 1.82) is 0 Å². The number of rotatable bonds is 5. The Bertz CT molecular complexity index is 663. The number of nitrogens with zero attached hydrogens (tertiary/aromatic N) is 1. The molecule has 2 aromatic carbocycles. The molecule has 23 heavy (non-hydrogen) atoms. The van der Waals surface area contributed by atoms with Gasteiger partial charge >= 0.3 is 0 Å². The standard InChI is InChI=1S/C20H24N2O/c1-15-10-18-12-22(13-19(18)11-16(15)2)14-20(23)21-9-8-17-6-4-3-5-7-17/h3-7,10-11H,8-9,12-14H2,1-2H3,(H,21,23). The number of carbonyl (C=O) groups excluding carboxylic acids is 1. The Hall–Kier alpha value is -2.13. The highest BCUT2D eigenvalue weighted by atomic mass is 16.2. The molecule has 1 aliphatic heterocycles. The summed E-state index contributed by atoms with van der Waals surface area (Å²) in [5.74, 6) is 0.113. The molecule has 0 atom stereocenters. The minimum Gasteiger partial charge on any atom is -0.355 e. The van der Waals surface area contributed by atoms with E-state index in [0.29, 0.717) is 13.1 Å². The SMILES string of the molecule is Cc1cc2c(cc1C)CN(CC(=O)NCCc1ccccc1)C2. The predicted octanol–water partition coefficient (Wildman–Crippen LogP) is 2.98. The van der Waals surface area contributed by atoms with Gasteiger partial charge in [-0.15, -0.1) is 0 Å². The third-order valence-electron chi connectivity index (χ3n) is 4.55. The molecule has 3 rings (SSSR count). The quantitative estimate of drug-likeness (QED) is 0.921. The van der Waals surface area contributed by atoms with Crippen molar-refractivity contribution in [2.45, 2.75) is 33.4 Å². The van der Waals surface area contributed by atoms with Crippen molar-refractivity contribution >= 4 is 5.91 Å². The molecule has 120 valence electrons. The van der Waals surface area contributed by atoms with Crippen molar-refractivity contribution in [3.05, 3.63) is 70.3 Å². The van der Waals surface area contributed by atoms with E-state index in [0.717, 1.165) is 19.5 Å². The average Bonchev–Trinajstić information content (AvgIpc) is 2.90. The van der Waals surface area contributed by atoms with E-state index in [1.54, 1.807) is 0 Å². The summed E-state index contributed by atoms with van der Waals surface area (Å²) < 4.78 is 0. The Kier molecular flexibility index (Phi) is 4.77. The molecular formula is C20H24N2O. The molecule has 0 bridgehead atoms. The van der Waals surface area contributed by atoms with Crippen LogP contribution in [-0.4, -0.2) is 23.9 Å². The van der Waals surface area contributed by atoms with Gasteiger partial charge in [0.05, 0.1) is 6.54 Å². The summed E-state index contributed by atoms with van der Waals surface area (Å²) in [7, 11) is 0. The van der Waals surface area contributed by atoms with Gasteiger partial charge in [-0.3, -0.25) is 9.69 Å². The molecule has 0 aliphatic carbocycles. The molecular weight excluding hydrogens is 284 g/mol. The zero-order chi connectivity index (χ0) is 16.2. The topological polar surface area (TPSA) is 32.3 Å². The van der Waals surface area contributed by atoms with Crippen LogP contribution in [0.25, 0.3) is 0 Å². The van der Waals surface area contributed by atoms with Gasteiger partial charge in [0.1, 0.15) is 0 Å². The van der Waals surface area contributed by atoms with Gasteiger partial charge in [0.2, 0.25) is 5.91 Å². The van der Waals surface area contributed by atoms with Gasteiger partial charge in [-0.25, -0.2) is 0 Å². The maximum atomic E-state index is 12.1. The molecule has 1 amide bonds. The number of aryl methyl sites for hydroxylation is 2. The minimum atomic E-state index is 0.113. The number of fused-ring (bicyclic) bond motifs is 1. The summed E-state index contributed by atoms with van der Waals surface area (Å²) >= 11 is 0. The summed E-state index contributed by atoms with van der Waals surface area (Å²) in [5, 5.41) is 3.03. The Morgan fingerprint density at radius 2 is 1.65 bits per heavy atom. The second kappa shape index (κ2) is 6.97. The van der Waals surface area contributed by atoms with E-state index < -0.39 is 0 Å². The summed E-state index contributed by atoms with van der Waals surface area (Å²) in [4.78, 5) is 14.3. The average molecular weight is 308 g/mol. The zero-order valence-electron chi connectivity index (χ0n) is 13.9. The largest absolute Gasteiger partial charge is 0.355 e. The third-order valence-corrected chi connectivity index (χ3v) is 4.55. The van der Waals surface area contributed by atoms with E-state index in [2.05, 4.69) is 48.3 Å². The number of amides is 1. The second-order valence-corrected chi connectivity index (χ2v) is 6.44. The lowest BCUT2D eigenvalue weighted by Crippen LogP contribution is -2.35. The smallest absolute Gasteiger partial charge is 0.234 e. The van der Waals surface area contributed by atoms with Crippen molar-refractivity contribution in [2.75, 3.05) is 13.1 Å². The van der Waals surface area contributed by atoms with Crippen LogP contribution in [0.5, 0.6) is 0 Å². The highest BCUT2D eigenvalue weighted by Crippen LogP contribution is 2.25. The van der Waals surface area contributed by atoms with E-state index in [1.165, 1.54) is 27.8 Å². The van der Waals surface area contributed by atoms with Crippen molar-refractivity contribution in [1.82, 2.24) is 10.2 Å². The van der Waals surface area contributed by atoms with Gasteiger partial charge in [-0.1, -0.05) is 42.5 Å². The predicted molar refractivity (Wildman–Crippen MR) is 93.2 cm³/mol. The van der Waals surface area contributed by atoms with Crippen molar-refractivity contribution < 1.29 is 4.79 Å². The first-order valence-electron chi connectivity index (χ1n) is 8.24. The molecule has 0 saturated carbocycles. The molecule has 3 nitrogen and oxygen atoms in total. The van der Waals surface area contributed by atoms with Gasteiger partial charge in [0, 0.05) is 19.6 Å². The fourth-order valence-corrected chi connectivity index (χ4v) is 3.13. The summed E-state index contributed by atoms with van der Waals surface area (Å²) in [6.07, 6.45) is 0.880. The fraction of sp³-hybridized carbons (Fsp3) is 0.350. The number of carbonyl (C=O) groups is 1. The molecule has 0 unspecified atom stereocenters. The number of benzene rings is 2. The second-order valence-electron chi connectivity index (χ2n) is 6.44. The molecule has 0 aromatic heterocycles. The lowest BCUT2D eigenvalue weighted by atomic mass is 10.0. The molecule has 1 N–H and O–H groups in total. The van der Waals surface area contributed by atoms with Gasteiger partial charge in [-0.2, -0.15) is 0 Å². The zero-order valence-corrected chi connectivity index (χ0v) is 13.9. The maximum Gasteiger partial charge on any atom is 0.234 e. The molecule has 2 aromatic rings. The number of nitrogens with one attached hydrogen (secondary N) is 1. The summed E-state index contributed by atoms with van der Waals surface area (Å²) in [6, 6.07) is 14.8. The van der Waals surface area contributed by atoms with Crippen LogP contribution in [0.3, 0.4) is 0 Å². The first-order chi connectivity index (χ1) is 11.1. The van der Waals surface area contributed by atoms with Gasteiger partial charge < -0.3 is 5.32 Å². The lowest BCUT2D eigenvalue weighted by molar-refractivity contribution is -0.122. The highest BCUT2D eigenvalue weighted by Gasteiger charge is 2.21. The van der Waals surface area contributed by atoms with Crippen LogP contribution in [0.4, 0.5) is 0 Å². The van der Waals surface area contributed by atoms with Crippen LogP contribution in [0.15, 0.2) is 42.5 Å². The Morgan fingerprint density at radius 1 is 1.04 bits per heavy atom. The van der Waals surface area contributed by atoms with Crippen LogP contribution < -0.4 is 5.32 Å². The molecule has 0 fully saturated rings. The van der Waals surface area contributed by atoms with Gasteiger partial charge in [0.25, 0.3) is 0 Å². The Balaban J connectivity index is 1.46.